The Labute approximate surface area is 131 Å². The van der Waals surface area contributed by atoms with Gasteiger partial charge >= 0.3 is 5.97 Å². The predicted molar refractivity (Wildman–Crippen MR) is 84.4 cm³/mol. The lowest BCUT2D eigenvalue weighted by molar-refractivity contribution is -0.152. The maximum atomic E-state index is 11.6. The fraction of sp³-hybridized carbons (Fsp3) is 0.0588. The van der Waals surface area contributed by atoms with Crippen molar-refractivity contribution in [2.45, 2.75) is 6.61 Å². The normalized spacial score (nSPS) is 10.5. The number of ketones is 1. The van der Waals surface area contributed by atoms with E-state index in [4.69, 9.17) is 4.74 Å². The van der Waals surface area contributed by atoms with E-state index in [0.717, 1.165) is 15.6 Å². The molecule has 0 aliphatic heterocycles. The molecule has 0 saturated heterocycles. The lowest BCUT2D eigenvalue weighted by Crippen LogP contribution is -2.14. The Morgan fingerprint density at radius 3 is 2.33 bits per heavy atom. The first-order chi connectivity index (χ1) is 10.1. The van der Waals surface area contributed by atoms with Gasteiger partial charge in [0.1, 0.15) is 6.61 Å². The molecule has 0 atom stereocenters. The molecule has 21 heavy (non-hydrogen) atoms. The van der Waals surface area contributed by atoms with E-state index in [1.807, 2.05) is 54.6 Å². The van der Waals surface area contributed by atoms with Gasteiger partial charge in [0, 0.05) is 4.47 Å². The number of benzene rings is 2. The fourth-order valence-electron chi connectivity index (χ4n) is 1.61. The second-order valence-corrected chi connectivity index (χ2v) is 5.23. The molecule has 4 heteroatoms. The summed E-state index contributed by atoms with van der Waals surface area (Å²) in [7, 11) is 0. The van der Waals surface area contributed by atoms with Crippen molar-refractivity contribution in [3.05, 3.63) is 76.3 Å². The molecule has 0 aliphatic carbocycles. The number of carbonyl (C=O) groups is 2. The molecule has 0 unspecified atom stereocenters. The Hall–Kier alpha value is -2.20. The molecule has 0 aromatic heterocycles. The Morgan fingerprint density at radius 1 is 1.00 bits per heavy atom. The summed E-state index contributed by atoms with van der Waals surface area (Å²) in [5.74, 6) is -1.53. The Kier molecular flexibility index (Phi) is 5.46. The van der Waals surface area contributed by atoms with E-state index in [0.29, 0.717) is 0 Å². The highest BCUT2D eigenvalue weighted by Gasteiger charge is 2.11. The van der Waals surface area contributed by atoms with E-state index in [2.05, 4.69) is 15.9 Å². The highest BCUT2D eigenvalue weighted by Crippen LogP contribution is 2.11. The van der Waals surface area contributed by atoms with Crippen molar-refractivity contribution in [1.82, 2.24) is 0 Å². The van der Waals surface area contributed by atoms with E-state index in [-0.39, 0.29) is 6.61 Å². The van der Waals surface area contributed by atoms with E-state index >= 15 is 0 Å². The molecule has 2 rings (SSSR count). The summed E-state index contributed by atoms with van der Waals surface area (Å²) in [4.78, 5) is 23.2. The minimum Gasteiger partial charge on any atom is -0.455 e. The average molecular weight is 345 g/mol. The largest absolute Gasteiger partial charge is 0.455 e. The van der Waals surface area contributed by atoms with Crippen LogP contribution in [0.5, 0.6) is 0 Å². The minimum atomic E-state index is -0.854. The molecule has 0 aliphatic rings. The van der Waals surface area contributed by atoms with Crippen molar-refractivity contribution < 1.29 is 14.3 Å². The van der Waals surface area contributed by atoms with E-state index in [1.54, 1.807) is 6.08 Å². The number of esters is 1. The number of halogens is 1. The number of hydrogen-bond acceptors (Lipinski definition) is 3. The zero-order valence-corrected chi connectivity index (χ0v) is 12.7. The van der Waals surface area contributed by atoms with E-state index in [9.17, 15) is 9.59 Å². The van der Waals surface area contributed by atoms with Gasteiger partial charge in [0.2, 0.25) is 0 Å². The fourth-order valence-corrected chi connectivity index (χ4v) is 1.87. The summed E-state index contributed by atoms with van der Waals surface area (Å²) in [6, 6.07) is 16.6. The van der Waals surface area contributed by atoms with Gasteiger partial charge in [0.05, 0.1) is 0 Å². The van der Waals surface area contributed by atoms with Crippen LogP contribution < -0.4 is 0 Å². The highest BCUT2D eigenvalue weighted by molar-refractivity contribution is 9.10. The number of rotatable bonds is 5. The van der Waals surface area contributed by atoms with Gasteiger partial charge in [-0.05, 0) is 29.3 Å². The minimum absolute atomic E-state index is 0.0948. The molecule has 0 saturated carbocycles. The first-order valence-electron chi connectivity index (χ1n) is 6.34. The van der Waals surface area contributed by atoms with Crippen LogP contribution >= 0.6 is 15.9 Å². The Bertz CT molecular complexity index is 645. The van der Waals surface area contributed by atoms with Gasteiger partial charge < -0.3 is 4.74 Å². The van der Waals surface area contributed by atoms with Gasteiger partial charge in [-0.1, -0.05) is 64.5 Å². The van der Waals surface area contributed by atoms with Crippen LogP contribution in [-0.2, 0) is 20.9 Å². The quantitative estimate of drug-likeness (QED) is 0.471. The topological polar surface area (TPSA) is 43.4 Å². The molecule has 2 aromatic rings. The smallest absolute Gasteiger partial charge is 0.379 e. The summed E-state index contributed by atoms with van der Waals surface area (Å²) in [6.07, 6.45) is 2.80. The van der Waals surface area contributed by atoms with Gasteiger partial charge in [-0.15, -0.1) is 0 Å². The third kappa shape index (κ3) is 5.00. The lowest BCUT2D eigenvalue weighted by Gasteiger charge is -2.02. The summed E-state index contributed by atoms with van der Waals surface area (Å²) in [5, 5.41) is 0. The van der Waals surface area contributed by atoms with Crippen LogP contribution in [0.4, 0.5) is 0 Å². The summed E-state index contributed by atoms with van der Waals surface area (Å²) < 4.78 is 5.90. The lowest BCUT2D eigenvalue weighted by atomic mass is 10.2. The van der Waals surface area contributed by atoms with Crippen LogP contribution in [0.25, 0.3) is 6.08 Å². The first kappa shape index (κ1) is 15.2. The molecule has 0 N–H and O–H groups in total. The van der Waals surface area contributed by atoms with Crippen LogP contribution in [0.2, 0.25) is 0 Å². The van der Waals surface area contributed by atoms with Gasteiger partial charge in [-0.25, -0.2) is 4.79 Å². The number of hydrogen-bond donors (Lipinski definition) is 0. The molecule has 0 amide bonds. The molecule has 106 valence electrons. The molecular formula is C17H13BrO3. The maximum Gasteiger partial charge on any atom is 0.379 e. The summed E-state index contributed by atoms with van der Waals surface area (Å²) in [5.41, 5.74) is 1.68. The van der Waals surface area contributed by atoms with Crippen LogP contribution in [0, 0.1) is 0 Å². The van der Waals surface area contributed by atoms with Gasteiger partial charge in [0.25, 0.3) is 5.78 Å². The SMILES string of the molecule is O=C(/C=C/c1ccc(Br)cc1)C(=O)OCc1ccccc1. The van der Waals surface area contributed by atoms with Crippen molar-refractivity contribution in [2.75, 3.05) is 0 Å². The zero-order chi connectivity index (χ0) is 15.1. The monoisotopic (exact) mass is 344 g/mol. The molecule has 0 heterocycles. The Balaban J connectivity index is 1.87. The van der Waals surface area contributed by atoms with Gasteiger partial charge in [-0.2, -0.15) is 0 Å². The zero-order valence-electron chi connectivity index (χ0n) is 11.2. The molecule has 2 aromatic carbocycles. The number of carbonyl (C=O) groups excluding carboxylic acids is 2. The molecule has 3 nitrogen and oxygen atoms in total. The third-order valence-corrected chi connectivity index (χ3v) is 3.24. The highest BCUT2D eigenvalue weighted by atomic mass is 79.9. The molecular weight excluding hydrogens is 332 g/mol. The van der Waals surface area contributed by atoms with E-state index in [1.165, 1.54) is 6.08 Å². The van der Waals surface area contributed by atoms with Crippen molar-refractivity contribution >= 4 is 33.8 Å². The van der Waals surface area contributed by atoms with Crippen LogP contribution in [0.1, 0.15) is 11.1 Å². The van der Waals surface area contributed by atoms with Crippen LogP contribution in [0.3, 0.4) is 0 Å². The molecule has 0 bridgehead atoms. The molecule has 0 fully saturated rings. The average Bonchev–Trinajstić information content (AvgIpc) is 2.52. The summed E-state index contributed by atoms with van der Waals surface area (Å²) >= 11 is 3.33. The first-order valence-corrected chi connectivity index (χ1v) is 7.13. The number of ether oxygens (including phenoxy) is 1. The standard InChI is InChI=1S/C17H13BrO3/c18-15-9-6-13(7-10-15)8-11-16(19)17(20)21-12-14-4-2-1-3-5-14/h1-11H,12H2/b11-8+. The van der Waals surface area contributed by atoms with Crippen LogP contribution in [-0.4, -0.2) is 11.8 Å². The van der Waals surface area contributed by atoms with Crippen molar-refractivity contribution in [3.8, 4) is 0 Å². The van der Waals surface area contributed by atoms with E-state index < -0.39 is 11.8 Å². The Morgan fingerprint density at radius 2 is 1.67 bits per heavy atom. The van der Waals surface area contributed by atoms with Crippen molar-refractivity contribution in [3.63, 3.8) is 0 Å². The van der Waals surface area contributed by atoms with Gasteiger partial charge in [-0.3, -0.25) is 4.79 Å². The second kappa shape index (κ2) is 7.55. The van der Waals surface area contributed by atoms with Gasteiger partial charge in [0.15, 0.2) is 0 Å². The predicted octanol–water partition coefficient (Wildman–Crippen LogP) is 3.77. The van der Waals surface area contributed by atoms with Crippen molar-refractivity contribution in [2.24, 2.45) is 0 Å². The summed E-state index contributed by atoms with van der Waals surface area (Å²) in [6.45, 7) is 0.0948. The van der Waals surface area contributed by atoms with Crippen LogP contribution in [0.15, 0.2) is 65.1 Å². The molecule has 0 radical (unpaired) electrons. The van der Waals surface area contributed by atoms with Crippen molar-refractivity contribution in [1.29, 1.82) is 0 Å². The third-order valence-electron chi connectivity index (χ3n) is 2.71. The maximum absolute atomic E-state index is 11.6. The second-order valence-electron chi connectivity index (χ2n) is 4.31. The molecule has 0 spiro atoms.